The van der Waals surface area contributed by atoms with Crippen molar-refractivity contribution >= 4 is 12.8 Å². The quantitative estimate of drug-likeness (QED) is 0.684. The van der Waals surface area contributed by atoms with Gasteiger partial charge in [-0.05, 0) is 25.3 Å². The van der Waals surface area contributed by atoms with Gasteiger partial charge < -0.3 is 0 Å². The predicted molar refractivity (Wildman–Crippen MR) is 56.8 cm³/mol. The summed E-state index contributed by atoms with van der Waals surface area (Å²) in [6.45, 7) is 2.08. The molecule has 0 saturated heterocycles. The number of hydrogen-bond acceptors (Lipinski definition) is 2. The first-order chi connectivity index (χ1) is 6.25. The van der Waals surface area contributed by atoms with Crippen LogP contribution in [0.2, 0.25) is 0 Å². The molecule has 0 radical (unpaired) electrons. The molecule has 0 bridgehead atoms. The molecule has 0 aliphatic heterocycles. The molecule has 0 fully saturated rings. The Morgan fingerprint density at radius 1 is 1.15 bits per heavy atom. The molecule has 2 nitrogen and oxygen atoms in total. The molecule has 13 heavy (non-hydrogen) atoms. The smallest absolute Gasteiger partial charge is 0.0578 e. The third-order valence-corrected chi connectivity index (χ3v) is 2.17. The van der Waals surface area contributed by atoms with Crippen molar-refractivity contribution in [3.05, 3.63) is 42.2 Å². The molecular formula is C10H10N2S. The van der Waals surface area contributed by atoms with Gasteiger partial charge in [0.2, 0.25) is 0 Å². The Bertz CT molecular complexity index is 403. The number of rotatable bonds is 1. The average molecular weight is 190 g/mol. The highest BCUT2D eigenvalue weighted by Crippen LogP contribution is 2.18. The molecule has 1 heterocycles. The standard InChI is InChI=1S/C10H10N2S/c1-8-2-4-9(5-3-8)10-6-11-12(13)7-10/h2-7,13H,1H3. The lowest BCUT2D eigenvalue weighted by Crippen LogP contribution is -1.76. The Labute approximate surface area is 82.8 Å². The lowest BCUT2D eigenvalue weighted by molar-refractivity contribution is 1.02. The Hall–Kier alpha value is -1.22. The minimum atomic E-state index is 1.09. The van der Waals surface area contributed by atoms with Crippen LogP contribution < -0.4 is 0 Å². The molecule has 66 valence electrons. The van der Waals surface area contributed by atoms with Crippen molar-refractivity contribution in [3.63, 3.8) is 0 Å². The molecule has 1 aromatic carbocycles. The highest BCUT2D eigenvalue weighted by molar-refractivity contribution is 7.78. The van der Waals surface area contributed by atoms with Crippen molar-refractivity contribution in [3.8, 4) is 11.1 Å². The van der Waals surface area contributed by atoms with Crippen LogP contribution in [-0.4, -0.2) is 9.19 Å². The zero-order valence-electron chi connectivity index (χ0n) is 7.31. The van der Waals surface area contributed by atoms with E-state index in [4.69, 9.17) is 0 Å². The lowest BCUT2D eigenvalue weighted by Gasteiger charge is -1.96. The van der Waals surface area contributed by atoms with E-state index in [1.165, 1.54) is 15.2 Å². The summed E-state index contributed by atoms with van der Waals surface area (Å²) < 4.78 is 1.51. The van der Waals surface area contributed by atoms with E-state index >= 15 is 0 Å². The summed E-state index contributed by atoms with van der Waals surface area (Å²) >= 11 is 4.08. The van der Waals surface area contributed by atoms with Crippen molar-refractivity contribution in [1.82, 2.24) is 9.19 Å². The van der Waals surface area contributed by atoms with Gasteiger partial charge in [-0.25, -0.2) is 4.09 Å². The number of nitrogens with zero attached hydrogens (tertiary/aromatic N) is 2. The maximum absolute atomic E-state index is 4.08. The zero-order valence-corrected chi connectivity index (χ0v) is 8.20. The van der Waals surface area contributed by atoms with Gasteiger partial charge in [0, 0.05) is 11.8 Å². The molecule has 2 rings (SSSR count). The molecule has 0 spiro atoms. The first-order valence-corrected chi connectivity index (χ1v) is 4.47. The van der Waals surface area contributed by atoms with Crippen LogP contribution in [0.3, 0.4) is 0 Å². The largest absolute Gasteiger partial charge is 0.217 e. The minimum absolute atomic E-state index is 1.09. The molecule has 2 aromatic rings. The van der Waals surface area contributed by atoms with Gasteiger partial charge in [0.1, 0.15) is 0 Å². The van der Waals surface area contributed by atoms with Gasteiger partial charge in [-0.2, -0.15) is 5.10 Å². The van der Waals surface area contributed by atoms with E-state index < -0.39 is 0 Å². The summed E-state index contributed by atoms with van der Waals surface area (Å²) in [5, 5.41) is 4.00. The summed E-state index contributed by atoms with van der Waals surface area (Å²) in [4.78, 5) is 0. The lowest BCUT2D eigenvalue weighted by atomic mass is 10.1. The van der Waals surface area contributed by atoms with Crippen molar-refractivity contribution in [2.45, 2.75) is 6.92 Å². The number of benzene rings is 1. The van der Waals surface area contributed by atoms with Crippen molar-refractivity contribution < 1.29 is 0 Å². The third kappa shape index (κ3) is 1.75. The fourth-order valence-electron chi connectivity index (χ4n) is 1.21. The summed E-state index contributed by atoms with van der Waals surface area (Å²) in [5.41, 5.74) is 3.53. The summed E-state index contributed by atoms with van der Waals surface area (Å²) in [7, 11) is 0. The van der Waals surface area contributed by atoms with Crippen LogP contribution in [0, 0.1) is 6.92 Å². The molecule has 0 saturated carbocycles. The summed E-state index contributed by atoms with van der Waals surface area (Å²) in [6, 6.07) is 8.34. The van der Waals surface area contributed by atoms with Crippen LogP contribution in [0.4, 0.5) is 0 Å². The number of aryl methyl sites for hydroxylation is 1. The van der Waals surface area contributed by atoms with Gasteiger partial charge in [0.25, 0.3) is 0 Å². The fourth-order valence-corrected chi connectivity index (χ4v) is 1.38. The van der Waals surface area contributed by atoms with Gasteiger partial charge in [0.05, 0.1) is 6.20 Å². The second-order valence-electron chi connectivity index (χ2n) is 3.02. The van der Waals surface area contributed by atoms with Crippen LogP contribution in [0.25, 0.3) is 11.1 Å². The van der Waals surface area contributed by atoms with E-state index in [-0.39, 0.29) is 0 Å². The summed E-state index contributed by atoms with van der Waals surface area (Å²) in [5.74, 6) is 0. The zero-order chi connectivity index (χ0) is 9.26. The Kier molecular flexibility index (Phi) is 2.10. The maximum atomic E-state index is 4.08. The fraction of sp³-hybridized carbons (Fsp3) is 0.100. The summed E-state index contributed by atoms with van der Waals surface area (Å²) in [6.07, 6.45) is 3.69. The van der Waals surface area contributed by atoms with Crippen LogP contribution in [0.5, 0.6) is 0 Å². The average Bonchev–Trinajstić information content (AvgIpc) is 2.53. The van der Waals surface area contributed by atoms with Crippen molar-refractivity contribution in [1.29, 1.82) is 0 Å². The first-order valence-electron chi connectivity index (χ1n) is 4.07. The van der Waals surface area contributed by atoms with Gasteiger partial charge in [0.15, 0.2) is 0 Å². The molecule has 0 atom stereocenters. The van der Waals surface area contributed by atoms with Crippen molar-refractivity contribution in [2.75, 3.05) is 0 Å². The first kappa shape index (κ1) is 8.38. The van der Waals surface area contributed by atoms with Gasteiger partial charge >= 0.3 is 0 Å². The van der Waals surface area contributed by atoms with E-state index in [2.05, 4.69) is 49.1 Å². The predicted octanol–water partition coefficient (Wildman–Crippen LogP) is 2.55. The molecule has 0 aliphatic rings. The van der Waals surface area contributed by atoms with Crippen LogP contribution in [-0.2, 0) is 0 Å². The highest BCUT2D eigenvalue weighted by Gasteiger charge is 1.98. The SMILES string of the molecule is Cc1ccc(-c2cnn(S)c2)cc1. The Morgan fingerprint density at radius 3 is 2.38 bits per heavy atom. The molecule has 0 aliphatic carbocycles. The maximum Gasteiger partial charge on any atom is 0.0578 e. The van der Waals surface area contributed by atoms with Crippen LogP contribution in [0.15, 0.2) is 36.7 Å². The molecular weight excluding hydrogens is 180 g/mol. The number of hydrogen-bond donors (Lipinski definition) is 1. The number of thiol groups is 1. The molecule has 0 unspecified atom stereocenters. The second-order valence-corrected chi connectivity index (χ2v) is 3.43. The number of aromatic nitrogens is 2. The van der Waals surface area contributed by atoms with Gasteiger partial charge in [-0.15, -0.1) is 0 Å². The van der Waals surface area contributed by atoms with Crippen LogP contribution in [0.1, 0.15) is 5.56 Å². The van der Waals surface area contributed by atoms with E-state index in [0.29, 0.717) is 0 Å². The Balaban J connectivity index is 2.41. The molecule has 0 N–H and O–H groups in total. The molecule has 1 aromatic heterocycles. The van der Waals surface area contributed by atoms with E-state index in [9.17, 15) is 0 Å². The minimum Gasteiger partial charge on any atom is -0.217 e. The Morgan fingerprint density at radius 2 is 1.85 bits per heavy atom. The van der Waals surface area contributed by atoms with Gasteiger partial charge in [-0.1, -0.05) is 29.8 Å². The highest BCUT2D eigenvalue weighted by atomic mass is 32.1. The van der Waals surface area contributed by atoms with E-state index in [1.807, 2.05) is 6.20 Å². The topological polar surface area (TPSA) is 17.8 Å². The molecule has 0 amide bonds. The van der Waals surface area contributed by atoms with E-state index in [1.54, 1.807) is 6.20 Å². The molecule has 3 heteroatoms. The second kappa shape index (κ2) is 3.26. The third-order valence-electron chi connectivity index (χ3n) is 1.95. The van der Waals surface area contributed by atoms with Gasteiger partial charge in [-0.3, -0.25) is 0 Å². The monoisotopic (exact) mass is 190 g/mol. The van der Waals surface area contributed by atoms with E-state index in [0.717, 1.165) is 5.56 Å². The van der Waals surface area contributed by atoms with Crippen molar-refractivity contribution in [2.24, 2.45) is 0 Å². The normalized spacial score (nSPS) is 10.3. The van der Waals surface area contributed by atoms with Crippen LogP contribution >= 0.6 is 12.8 Å².